The van der Waals surface area contributed by atoms with Crippen LogP contribution in [-0.2, 0) is 25.5 Å². The van der Waals surface area contributed by atoms with Gasteiger partial charge in [-0.3, -0.25) is 15.0 Å². The van der Waals surface area contributed by atoms with Gasteiger partial charge in [0.05, 0.1) is 13.7 Å². The first-order chi connectivity index (χ1) is 21.6. The average Bonchev–Trinajstić information content (AvgIpc) is 3.43. The molecule has 0 radical (unpaired) electrons. The molecule has 3 aromatic rings. The Morgan fingerprint density at radius 1 is 1.00 bits per heavy atom. The lowest BCUT2D eigenvalue weighted by atomic mass is 9.83. The van der Waals surface area contributed by atoms with Crippen LogP contribution >= 0.6 is 0 Å². The van der Waals surface area contributed by atoms with E-state index in [1.54, 1.807) is 40.0 Å². The van der Waals surface area contributed by atoms with Crippen molar-refractivity contribution in [1.29, 1.82) is 0 Å². The molecule has 10 heteroatoms. The van der Waals surface area contributed by atoms with E-state index in [4.69, 9.17) is 29.0 Å². The van der Waals surface area contributed by atoms with E-state index in [2.05, 4.69) is 10.9 Å². The number of carbonyl (C=O) groups excluding carboxylic acids is 2. The smallest absolute Gasteiger partial charge is 0.306 e. The zero-order valence-corrected chi connectivity index (χ0v) is 26.4. The molecule has 10 nitrogen and oxygen atoms in total. The number of hydrogen-bond donors (Lipinski definition) is 3. The molecule has 0 aliphatic carbocycles. The quantitative estimate of drug-likeness (QED) is 0.127. The Hall–Kier alpha value is -4.41. The monoisotopic (exact) mass is 617 g/mol. The lowest BCUT2D eigenvalue weighted by molar-refractivity contribution is -0.155. The molecule has 3 N–H and O–H groups in total. The minimum absolute atomic E-state index is 0.0460. The van der Waals surface area contributed by atoms with Crippen LogP contribution in [0.25, 0.3) is 0 Å². The lowest BCUT2D eigenvalue weighted by Gasteiger charge is -2.31. The molecule has 0 unspecified atom stereocenters. The highest BCUT2D eigenvalue weighted by molar-refractivity contribution is 6.01. The molecule has 1 amide bonds. The molecule has 45 heavy (non-hydrogen) atoms. The average molecular weight is 618 g/mol. The second kappa shape index (κ2) is 15.5. The van der Waals surface area contributed by atoms with Gasteiger partial charge in [0.2, 0.25) is 5.90 Å². The van der Waals surface area contributed by atoms with E-state index in [-0.39, 0.29) is 25.3 Å². The summed E-state index contributed by atoms with van der Waals surface area (Å²) in [6.45, 7) is 6.30. The van der Waals surface area contributed by atoms with Gasteiger partial charge in [-0.25, -0.2) is 10.4 Å². The van der Waals surface area contributed by atoms with Crippen molar-refractivity contribution in [3.63, 3.8) is 0 Å². The van der Waals surface area contributed by atoms with E-state index in [0.717, 1.165) is 16.9 Å². The second-order valence-corrected chi connectivity index (χ2v) is 11.8. The van der Waals surface area contributed by atoms with E-state index in [1.165, 1.54) is 0 Å². The SMILES string of the molecule is COc1cccc(CCNNC(=O)[C@@]2(CCC(=O)OC(C)(C)C)N=C(c3ccc(OCCCO)cc3)O[C@H]2c2ccccc2)c1. The molecular weight excluding hydrogens is 574 g/mol. The molecule has 240 valence electrons. The molecule has 4 rings (SSSR count). The fourth-order valence-corrected chi connectivity index (χ4v) is 4.97. The molecule has 0 aromatic heterocycles. The maximum Gasteiger partial charge on any atom is 0.306 e. The maximum atomic E-state index is 14.2. The fourth-order valence-electron chi connectivity index (χ4n) is 4.97. The van der Waals surface area contributed by atoms with E-state index < -0.39 is 29.1 Å². The number of methoxy groups -OCH3 is 1. The summed E-state index contributed by atoms with van der Waals surface area (Å²) in [7, 11) is 1.62. The predicted molar refractivity (Wildman–Crippen MR) is 171 cm³/mol. The molecule has 0 spiro atoms. The van der Waals surface area contributed by atoms with Gasteiger partial charge < -0.3 is 24.1 Å². The van der Waals surface area contributed by atoms with Crippen molar-refractivity contribution in [2.24, 2.45) is 4.99 Å². The number of aliphatic hydroxyl groups is 1. The highest BCUT2D eigenvalue weighted by Gasteiger charge is 2.53. The van der Waals surface area contributed by atoms with Gasteiger partial charge in [-0.05, 0) is 81.1 Å². The molecule has 0 saturated carbocycles. The zero-order chi connectivity index (χ0) is 32.3. The molecule has 0 fully saturated rings. The van der Waals surface area contributed by atoms with Crippen LogP contribution < -0.4 is 20.3 Å². The summed E-state index contributed by atoms with van der Waals surface area (Å²) in [5, 5.41) is 9.03. The summed E-state index contributed by atoms with van der Waals surface area (Å²) >= 11 is 0. The third kappa shape index (κ3) is 9.29. The summed E-state index contributed by atoms with van der Waals surface area (Å²) in [6, 6.07) is 24.3. The highest BCUT2D eigenvalue weighted by atomic mass is 16.6. The van der Waals surface area contributed by atoms with Gasteiger partial charge in [-0.1, -0.05) is 42.5 Å². The van der Waals surface area contributed by atoms with Crippen molar-refractivity contribution in [1.82, 2.24) is 10.9 Å². The van der Waals surface area contributed by atoms with Crippen LogP contribution in [0.2, 0.25) is 0 Å². The summed E-state index contributed by atoms with van der Waals surface area (Å²) < 4.78 is 23.0. The topological polar surface area (TPSA) is 128 Å². The fraction of sp³-hybridized carbons (Fsp3) is 0.400. The van der Waals surface area contributed by atoms with Crippen molar-refractivity contribution < 1.29 is 33.6 Å². The molecule has 1 heterocycles. The Balaban J connectivity index is 1.61. The van der Waals surface area contributed by atoms with Gasteiger partial charge in [0.25, 0.3) is 5.91 Å². The number of hydrazine groups is 1. The number of amides is 1. The van der Waals surface area contributed by atoms with Crippen molar-refractivity contribution in [3.8, 4) is 11.5 Å². The Morgan fingerprint density at radius 2 is 1.76 bits per heavy atom. The zero-order valence-electron chi connectivity index (χ0n) is 26.4. The lowest BCUT2D eigenvalue weighted by Crippen LogP contribution is -2.53. The van der Waals surface area contributed by atoms with Crippen molar-refractivity contribution in [3.05, 3.63) is 95.6 Å². The van der Waals surface area contributed by atoms with Crippen LogP contribution in [0, 0.1) is 0 Å². The first kappa shape index (κ1) is 33.5. The van der Waals surface area contributed by atoms with Gasteiger partial charge in [0.15, 0.2) is 11.6 Å². The number of esters is 1. The minimum Gasteiger partial charge on any atom is -0.497 e. The Bertz CT molecular complexity index is 1440. The summed E-state index contributed by atoms with van der Waals surface area (Å²) in [5.74, 6) is 0.823. The Kier molecular flexibility index (Phi) is 11.6. The normalized spacial score (nSPS) is 17.6. The first-order valence-electron chi connectivity index (χ1n) is 15.2. The maximum absolute atomic E-state index is 14.2. The number of ether oxygens (including phenoxy) is 4. The number of carbonyl (C=O) groups is 2. The van der Waals surface area contributed by atoms with Crippen LogP contribution in [0.4, 0.5) is 0 Å². The Labute approximate surface area is 264 Å². The molecular formula is C35H43N3O7. The summed E-state index contributed by atoms with van der Waals surface area (Å²) in [6.07, 6.45) is 0.366. The van der Waals surface area contributed by atoms with Crippen LogP contribution in [0.5, 0.6) is 11.5 Å². The molecule has 0 saturated heterocycles. The van der Waals surface area contributed by atoms with Gasteiger partial charge in [0, 0.05) is 31.6 Å². The number of aliphatic hydroxyl groups excluding tert-OH is 1. The number of hydrogen-bond acceptors (Lipinski definition) is 9. The molecule has 1 aliphatic heterocycles. The number of benzene rings is 3. The second-order valence-electron chi connectivity index (χ2n) is 11.8. The minimum atomic E-state index is -1.48. The van der Waals surface area contributed by atoms with Crippen LogP contribution in [-0.4, -0.2) is 60.9 Å². The van der Waals surface area contributed by atoms with E-state index in [1.807, 2.05) is 66.7 Å². The third-order valence-electron chi connectivity index (χ3n) is 7.14. The van der Waals surface area contributed by atoms with Gasteiger partial charge in [-0.15, -0.1) is 0 Å². The summed E-state index contributed by atoms with van der Waals surface area (Å²) in [4.78, 5) is 32.0. The van der Waals surface area contributed by atoms with Crippen molar-refractivity contribution in [2.75, 3.05) is 26.9 Å². The standard InChI is InChI=1S/C35H43N3O7/c1-34(2,3)45-30(40)18-20-35(33(41)38-36-21-19-25-10-8-13-29(24-25)42-4)31(26-11-6-5-7-12-26)44-32(37-35)27-14-16-28(17-15-27)43-23-9-22-39/h5-8,10-17,24,31,36,39H,9,18-23H2,1-4H3,(H,38,41)/t31-,35-/m0/s1. The van der Waals surface area contributed by atoms with Crippen LogP contribution in [0.3, 0.4) is 0 Å². The molecule has 2 atom stereocenters. The number of nitrogens with zero attached hydrogens (tertiary/aromatic N) is 1. The van der Waals surface area contributed by atoms with Gasteiger partial charge >= 0.3 is 5.97 Å². The predicted octanol–water partition coefficient (Wildman–Crippen LogP) is 4.70. The van der Waals surface area contributed by atoms with Crippen molar-refractivity contribution >= 4 is 17.8 Å². The third-order valence-corrected chi connectivity index (χ3v) is 7.14. The number of rotatable bonds is 15. The van der Waals surface area contributed by atoms with E-state index >= 15 is 0 Å². The van der Waals surface area contributed by atoms with Crippen LogP contribution in [0.15, 0.2) is 83.9 Å². The number of nitrogens with one attached hydrogen (secondary N) is 2. The van der Waals surface area contributed by atoms with Crippen LogP contribution in [0.1, 0.15) is 62.8 Å². The molecule has 1 aliphatic rings. The van der Waals surface area contributed by atoms with Gasteiger partial charge in [0.1, 0.15) is 17.1 Å². The Morgan fingerprint density at radius 3 is 2.44 bits per heavy atom. The van der Waals surface area contributed by atoms with E-state index in [9.17, 15) is 9.59 Å². The van der Waals surface area contributed by atoms with Gasteiger partial charge in [-0.2, -0.15) is 0 Å². The summed E-state index contributed by atoms with van der Waals surface area (Å²) in [5.41, 5.74) is 6.19. The molecule has 3 aromatic carbocycles. The van der Waals surface area contributed by atoms with E-state index in [0.29, 0.717) is 37.3 Å². The first-order valence-corrected chi connectivity index (χ1v) is 15.2. The highest BCUT2D eigenvalue weighted by Crippen LogP contribution is 2.43. The van der Waals surface area contributed by atoms with Crippen molar-refractivity contribution in [2.45, 2.75) is 63.7 Å². The number of aliphatic imine (C=N–C) groups is 1. The largest absolute Gasteiger partial charge is 0.497 e. The molecule has 0 bridgehead atoms.